The van der Waals surface area contributed by atoms with Crippen LogP contribution in [0.2, 0.25) is 0 Å². The molecule has 1 saturated heterocycles. The van der Waals surface area contributed by atoms with Crippen molar-refractivity contribution in [2.75, 3.05) is 0 Å². The smallest absolute Gasteiger partial charge is 0.240 e. The number of rotatable bonds is 2. The van der Waals surface area contributed by atoms with E-state index in [2.05, 4.69) is 4.98 Å². The summed E-state index contributed by atoms with van der Waals surface area (Å²) in [4.78, 5) is 27.2. The summed E-state index contributed by atoms with van der Waals surface area (Å²) >= 11 is 1.16. The van der Waals surface area contributed by atoms with Crippen LogP contribution in [0.1, 0.15) is 12.8 Å². The Bertz CT molecular complexity index is 350. The lowest BCUT2D eigenvalue weighted by atomic mass is 10.4. The van der Waals surface area contributed by atoms with Gasteiger partial charge in [-0.3, -0.25) is 14.6 Å². The van der Waals surface area contributed by atoms with Crippen LogP contribution in [0.4, 0.5) is 0 Å². The summed E-state index contributed by atoms with van der Waals surface area (Å²) in [5.41, 5.74) is 0. The lowest BCUT2D eigenvalue weighted by molar-refractivity contribution is -0.131. The third-order valence-electron chi connectivity index (χ3n) is 1.85. The lowest BCUT2D eigenvalue weighted by Gasteiger charge is -2.10. The number of hydrogen-bond acceptors (Lipinski definition) is 4. The van der Waals surface area contributed by atoms with Crippen LogP contribution in [0.5, 0.6) is 0 Å². The summed E-state index contributed by atoms with van der Waals surface area (Å²) in [6, 6.07) is 3.53. The third kappa shape index (κ3) is 1.77. The zero-order valence-corrected chi connectivity index (χ0v) is 8.16. The maximum Gasteiger partial charge on any atom is 0.240 e. The van der Waals surface area contributed by atoms with Crippen LogP contribution in [0, 0.1) is 0 Å². The van der Waals surface area contributed by atoms with E-state index < -0.39 is 0 Å². The number of imide groups is 1. The van der Waals surface area contributed by atoms with Gasteiger partial charge in [-0.1, -0.05) is 0 Å². The maximum atomic E-state index is 11.3. The molecule has 0 saturated carbocycles. The zero-order valence-electron chi connectivity index (χ0n) is 7.34. The van der Waals surface area contributed by atoms with Crippen LogP contribution >= 0.6 is 11.9 Å². The highest BCUT2D eigenvalue weighted by Crippen LogP contribution is 2.27. The molecule has 0 N–H and O–H groups in total. The van der Waals surface area contributed by atoms with Gasteiger partial charge < -0.3 is 0 Å². The van der Waals surface area contributed by atoms with E-state index in [9.17, 15) is 9.59 Å². The van der Waals surface area contributed by atoms with Gasteiger partial charge in [0, 0.05) is 30.1 Å². The molecule has 0 aliphatic carbocycles. The van der Waals surface area contributed by atoms with Gasteiger partial charge in [-0.2, -0.15) is 0 Å². The summed E-state index contributed by atoms with van der Waals surface area (Å²) in [7, 11) is 0. The monoisotopic (exact) mass is 208 g/mol. The molecule has 0 aromatic carbocycles. The average molecular weight is 208 g/mol. The summed E-state index contributed by atoms with van der Waals surface area (Å²) in [6.07, 6.45) is 3.93. The molecule has 1 fully saturated rings. The van der Waals surface area contributed by atoms with Crippen molar-refractivity contribution in [3.05, 3.63) is 24.5 Å². The van der Waals surface area contributed by atoms with Crippen molar-refractivity contribution >= 4 is 23.8 Å². The Balaban J connectivity index is 2.11. The van der Waals surface area contributed by atoms with E-state index in [4.69, 9.17) is 0 Å². The number of amides is 2. The van der Waals surface area contributed by atoms with E-state index in [1.807, 2.05) is 0 Å². The Hall–Kier alpha value is -1.36. The number of nitrogens with zero attached hydrogens (tertiary/aromatic N) is 2. The number of pyridine rings is 1. The van der Waals surface area contributed by atoms with Gasteiger partial charge in [0.1, 0.15) is 0 Å². The molecule has 0 radical (unpaired) electrons. The quantitative estimate of drug-likeness (QED) is 0.542. The summed E-state index contributed by atoms with van der Waals surface area (Å²) in [6.45, 7) is 0. The van der Waals surface area contributed by atoms with Crippen molar-refractivity contribution in [2.24, 2.45) is 0 Å². The van der Waals surface area contributed by atoms with Crippen LogP contribution in [0.25, 0.3) is 0 Å². The second-order valence-corrected chi connectivity index (χ2v) is 3.88. The van der Waals surface area contributed by atoms with Crippen LogP contribution < -0.4 is 0 Å². The fraction of sp³-hybridized carbons (Fsp3) is 0.222. The standard InChI is InChI=1S/C9H8N2O2S/c12-8-1-2-9(13)11(8)14-7-3-5-10-6-4-7/h3-6H,1-2H2. The van der Waals surface area contributed by atoms with Crippen molar-refractivity contribution < 1.29 is 9.59 Å². The van der Waals surface area contributed by atoms with E-state index in [1.165, 1.54) is 4.31 Å². The lowest BCUT2D eigenvalue weighted by Crippen LogP contribution is -2.20. The van der Waals surface area contributed by atoms with E-state index in [0.29, 0.717) is 12.8 Å². The van der Waals surface area contributed by atoms with Gasteiger partial charge in [-0.05, 0) is 24.1 Å². The number of carbonyl (C=O) groups excluding carboxylic acids is 2. The molecule has 2 heterocycles. The Morgan fingerprint density at radius 1 is 1.14 bits per heavy atom. The molecule has 4 nitrogen and oxygen atoms in total. The van der Waals surface area contributed by atoms with Crippen molar-refractivity contribution in [2.45, 2.75) is 17.7 Å². The van der Waals surface area contributed by atoms with Gasteiger partial charge >= 0.3 is 0 Å². The fourth-order valence-electron chi connectivity index (χ4n) is 1.16. The number of carbonyl (C=O) groups is 2. The first-order valence-electron chi connectivity index (χ1n) is 4.21. The number of aromatic nitrogens is 1. The predicted octanol–water partition coefficient (Wildman–Crippen LogP) is 1.24. The summed E-state index contributed by atoms with van der Waals surface area (Å²) in [5.74, 6) is -0.228. The van der Waals surface area contributed by atoms with Gasteiger partial charge in [0.05, 0.1) is 0 Å². The van der Waals surface area contributed by atoms with Crippen molar-refractivity contribution in [1.82, 2.24) is 9.29 Å². The topological polar surface area (TPSA) is 50.3 Å². The zero-order chi connectivity index (χ0) is 9.97. The normalized spacial score (nSPS) is 16.4. The van der Waals surface area contributed by atoms with Crippen LogP contribution in [-0.4, -0.2) is 21.1 Å². The van der Waals surface area contributed by atoms with Crippen LogP contribution in [0.15, 0.2) is 29.4 Å². The van der Waals surface area contributed by atoms with Gasteiger partial charge in [0.2, 0.25) is 11.8 Å². The minimum Gasteiger partial charge on any atom is -0.273 e. The summed E-state index contributed by atoms with van der Waals surface area (Å²) in [5, 5.41) is 0. The molecule has 0 unspecified atom stereocenters. The molecule has 1 aliphatic heterocycles. The molecule has 2 amide bonds. The van der Waals surface area contributed by atoms with Crippen LogP contribution in [-0.2, 0) is 9.59 Å². The van der Waals surface area contributed by atoms with E-state index in [-0.39, 0.29) is 11.8 Å². The Kier molecular flexibility index (Phi) is 2.49. The van der Waals surface area contributed by atoms with Crippen molar-refractivity contribution in [3.63, 3.8) is 0 Å². The molecule has 0 atom stereocenters. The highest BCUT2D eigenvalue weighted by molar-refractivity contribution is 7.98. The summed E-state index contributed by atoms with van der Waals surface area (Å²) < 4.78 is 1.22. The van der Waals surface area contributed by atoms with Crippen LogP contribution in [0.3, 0.4) is 0 Å². The Labute approximate surface area is 85.4 Å². The predicted molar refractivity (Wildman–Crippen MR) is 51.2 cm³/mol. The third-order valence-corrected chi connectivity index (χ3v) is 2.93. The highest BCUT2D eigenvalue weighted by atomic mass is 32.2. The molecule has 1 aromatic heterocycles. The molecule has 5 heteroatoms. The molecule has 14 heavy (non-hydrogen) atoms. The van der Waals surface area contributed by atoms with E-state index in [0.717, 1.165) is 16.8 Å². The molecule has 1 aliphatic rings. The van der Waals surface area contributed by atoms with E-state index >= 15 is 0 Å². The molecule has 1 aromatic rings. The maximum absolute atomic E-state index is 11.3. The molecular weight excluding hydrogens is 200 g/mol. The van der Waals surface area contributed by atoms with Gasteiger partial charge in [-0.25, -0.2) is 4.31 Å². The van der Waals surface area contributed by atoms with Gasteiger partial charge in [-0.15, -0.1) is 0 Å². The minimum atomic E-state index is -0.114. The molecular formula is C9H8N2O2S. The molecule has 2 rings (SSSR count). The fourth-order valence-corrected chi connectivity index (χ4v) is 2.00. The SMILES string of the molecule is O=C1CCC(=O)N1Sc1ccncc1. The van der Waals surface area contributed by atoms with E-state index in [1.54, 1.807) is 24.5 Å². The Morgan fingerprint density at radius 3 is 2.29 bits per heavy atom. The van der Waals surface area contributed by atoms with Crippen molar-refractivity contribution in [1.29, 1.82) is 0 Å². The highest BCUT2D eigenvalue weighted by Gasteiger charge is 2.29. The molecule has 72 valence electrons. The molecule has 0 spiro atoms. The van der Waals surface area contributed by atoms with Gasteiger partial charge in [0.15, 0.2) is 0 Å². The second kappa shape index (κ2) is 3.79. The Morgan fingerprint density at radius 2 is 1.71 bits per heavy atom. The van der Waals surface area contributed by atoms with Gasteiger partial charge in [0.25, 0.3) is 0 Å². The first-order chi connectivity index (χ1) is 6.77. The van der Waals surface area contributed by atoms with Crippen molar-refractivity contribution in [3.8, 4) is 0 Å². The average Bonchev–Trinajstić information content (AvgIpc) is 2.51. The second-order valence-electron chi connectivity index (χ2n) is 2.86. The first-order valence-corrected chi connectivity index (χ1v) is 4.98. The molecule has 0 bridgehead atoms. The first kappa shape index (κ1) is 9.21. The largest absolute Gasteiger partial charge is 0.273 e. The number of hydrogen-bond donors (Lipinski definition) is 0. The minimum absolute atomic E-state index is 0.114.